The molecule has 1 saturated carbocycles. The number of carbonyl (C=O) groups excluding carboxylic acids is 1. The number of carbonyl (C=O) groups is 1. The number of nitrogens with one attached hydrogen (secondary N) is 1. The number of aryl methyl sites for hydroxylation is 1. The second kappa shape index (κ2) is 7.95. The van der Waals surface area contributed by atoms with Crippen LogP contribution >= 0.6 is 0 Å². The molecule has 1 N–H and O–H groups in total. The molecule has 0 radical (unpaired) electrons. The second-order valence-corrected chi connectivity index (χ2v) is 11.0. The molecular weight excluding hydrogens is 436 g/mol. The van der Waals surface area contributed by atoms with Gasteiger partial charge in [0.15, 0.2) is 9.84 Å². The van der Waals surface area contributed by atoms with E-state index in [4.69, 9.17) is 4.98 Å². The zero-order chi connectivity index (χ0) is 23.3. The number of hydrogen-bond donors (Lipinski definition) is 1. The molecule has 7 nitrogen and oxygen atoms in total. The van der Waals surface area contributed by atoms with E-state index in [1.807, 2.05) is 43.3 Å². The van der Waals surface area contributed by atoms with Crippen molar-refractivity contribution in [3.05, 3.63) is 76.4 Å². The monoisotopic (exact) mass is 462 g/mol. The van der Waals surface area contributed by atoms with Crippen LogP contribution in [0, 0.1) is 6.92 Å². The number of sulfone groups is 1. The highest BCUT2D eigenvalue weighted by molar-refractivity contribution is 7.90. The van der Waals surface area contributed by atoms with E-state index in [2.05, 4.69) is 10.3 Å². The van der Waals surface area contributed by atoms with E-state index in [9.17, 15) is 13.2 Å². The molecule has 1 amide bonds. The summed E-state index contributed by atoms with van der Waals surface area (Å²) in [6, 6.07) is 13.2. The van der Waals surface area contributed by atoms with Crippen LogP contribution in [0.5, 0.6) is 0 Å². The smallest absolute Gasteiger partial charge is 0.257 e. The van der Waals surface area contributed by atoms with E-state index in [-0.39, 0.29) is 10.8 Å². The summed E-state index contributed by atoms with van der Waals surface area (Å²) in [5.74, 6) is 0.309. The number of fused-ring (bicyclic) bond motifs is 1. The van der Waals surface area contributed by atoms with Gasteiger partial charge in [-0.25, -0.2) is 8.42 Å². The first-order valence-electron chi connectivity index (χ1n) is 11.0. The van der Waals surface area contributed by atoms with Crippen molar-refractivity contribution in [1.82, 2.24) is 14.9 Å². The summed E-state index contributed by atoms with van der Waals surface area (Å²) in [4.78, 5) is 24.0. The maximum Gasteiger partial charge on any atom is 0.257 e. The minimum Gasteiger partial charge on any atom is -0.354 e. The third kappa shape index (κ3) is 4.35. The summed E-state index contributed by atoms with van der Waals surface area (Å²) >= 11 is 0. The molecule has 0 saturated heterocycles. The summed E-state index contributed by atoms with van der Waals surface area (Å²) < 4.78 is 25.2. The quantitative estimate of drug-likeness (QED) is 0.596. The van der Waals surface area contributed by atoms with Crippen LogP contribution in [0.4, 0.5) is 11.4 Å². The molecule has 2 aromatic heterocycles. The molecule has 1 aliphatic heterocycles. The minimum atomic E-state index is -3.47. The van der Waals surface area contributed by atoms with Crippen molar-refractivity contribution < 1.29 is 13.2 Å². The van der Waals surface area contributed by atoms with Crippen LogP contribution < -0.4 is 5.32 Å². The van der Waals surface area contributed by atoms with Crippen molar-refractivity contribution in [2.24, 2.45) is 0 Å². The highest BCUT2D eigenvalue weighted by Gasteiger charge is 2.31. The van der Waals surface area contributed by atoms with Crippen molar-refractivity contribution >= 4 is 27.1 Å². The number of rotatable bonds is 6. The Kier molecular flexibility index (Phi) is 5.20. The molecule has 0 atom stereocenters. The van der Waals surface area contributed by atoms with Gasteiger partial charge in [-0.05, 0) is 61.6 Å². The lowest BCUT2D eigenvalue weighted by atomic mass is 10.1. The molecule has 33 heavy (non-hydrogen) atoms. The van der Waals surface area contributed by atoms with Crippen LogP contribution in [0.2, 0.25) is 0 Å². The van der Waals surface area contributed by atoms with Crippen LogP contribution in [0.25, 0.3) is 0 Å². The Bertz CT molecular complexity index is 1380. The Balaban J connectivity index is 1.58. The molecule has 1 fully saturated rings. The van der Waals surface area contributed by atoms with Crippen LogP contribution in [-0.4, -0.2) is 42.5 Å². The predicted octanol–water partition coefficient (Wildman–Crippen LogP) is 3.99. The van der Waals surface area contributed by atoms with Crippen LogP contribution in [0.1, 0.15) is 57.5 Å². The first-order chi connectivity index (χ1) is 15.7. The molecule has 0 unspecified atom stereocenters. The summed E-state index contributed by atoms with van der Waals surface area (Å²) in [6.07, 6.45) is 3.91. The van der Waals surface area contributed by atoms with Crippen molar-refractivity contribution in [2.45, 2.75) is 43.5 Å². The lowest BCUT2D eigenvalue weighted by Gasteiger charge is -2.16. The molecule has 8 heteroatoms. The molecule has 3 aromatic rings. The number of aromatic nitrogens is 2. The van der Waals surface area contributed by atoms with Gasteiger partial charge in [0.25, 0.3) is 5.91 Å². The Morgan fingerprint density at radius 3 is 2.55 bits per heavy atom. The maximum atomic E-state index is 12.9. The highest BCUT2D eigenvalue weighted by Crippen LogP contribution is 2.42. The fraction of sp³-hybridized carbons (Fsp3) is 0.320. The highest BCUT2D eigenvalue weighted by atomic mass is 32.2. The fourth-order valence-electron chi connectivity index (χ4n) is 4.33. The Morgan fingerprint density at radius 1 is 1.06 bits per heavy atom. The first kappa shape index (κ1) is 21.6. The molecule has 170 valence electrons. The third-order valence-corrected chi connectivity index (χ3v) is 7.26. The number of pyridine rings is 2. The van der Waals surface area contributed by atoms with Gasteiger partial charge in [-0.15, -0.1) is 0 Å². The number of hydrogen-bond acceptors (Lipinski definition) is 6. The van der Waals surface area contributed by atoms with E-state index >= 15 is 0 Å². The van der Waals surface area contributed by atoms with E-state index in [0.29, 0.717) is 41.5 Å². The second-order valence-electron chi connectivity index (χ2n) is 9.02. The van der Waals surface area contributed by atoms with Gasteiger partial charge in [0.2, 0.25) is 0 Å². The molecular formula is C25H26N4O3S. The summed E-state index contributed by atoms with van der Waals surface area (Å²) in [5, 5.41) is 3.27. The molecule has 1 aliphatic carbocycles. The van der Waals surface area contributed by atoms with Gasteiger partial charge in [0, 0.05) is 36.8 Å². The molecule has 5 rings (SSSR count). The molecule has 1 aromatic carbocycles. The van der Waals surface area contributed by atoms with E-state index in [1.54, 1.807) is 18.0 Å². The van der Waals surface area contributed by atoms with Gasteiger partial charge in [0.1, 0.15) is 0 Å². The third-order valence-electron chi connectivity index (χ3n) is 6.13. The summed E-state index contributed by atoms with van der Waals surface area (Å²) in [5.41, 5.74) is 5.84. The van der Waals surface area contributed by atoms with Crippen molar-refractivity contribution in [3.63, 3.8) is 0 Å². The van der Waals surface area contributed by atoms with Gasteiger partial charge in [-0.3, -0.25) is 14.8 Å². The number of nitrogens with zero attached hydrogens (tertiary/aromatic N) is 3. The van der Waals surface area contributed by atoms with Gasteiger partial charge in [-0.2, -0.15) is 0 Å². The molecule has 0 bridgehead atoms. The van der Waals surface area contributed by atoms with Crippen molar-refractivity contribution in [1.29, 1.82) is 0 Å². The first-order valence-corrected chi connectivity index (χ1v) is 12.9. The number of anilines is 2. The van der Waals surface area contributed by atoms with Gasteiger partial charge in [-0.1, -0.05) is 12.1 Å². The number of amides is 1. The SMILES string of the molecule is Cc1cccc(Cc2cc(Nc3ccc(C4CC4)cc3S(C)(=O)=O)c3c(n2)CN(C)C3=O)n1. The van der Waals surface area contributed by atoms with Crippen molar-refractivity contribution in [2.75, 3.05) is 18.6 Å². The Hall–Kier alpha value is -3.26. The van der Waals surface area contributed by atoms with Crippen LogP contribution in [0.15, 0.2) is 47.4 Å². The lowest BCUT2D eigenvalue weighted by molar-refractivity contribution is 0.0817. The largest absolute Gasteiger partial charge is 0.354 e. The van der Waals surface area contributed by atoms with Crippen molar-refractivity contribution in [3.8, 4) is 0 Å². The zero-order valence-electron chi connectivity index (χ0n) is 18.9. The number of benzene rings is 1. The maximum absolute atomic E-state index is 12.9. The summed E-state index contributed by atoms with van der Waals surface area (Å²) in [7, 11) is -1.73. The van der Waals surface area contributed by atoms with E-state index < -0.39 is 9.84 Å². The molecule has 2 aliphatic rings. The minimum absolute atomic E-state index is 0.129. The average molecular weight is 463 g/mol. The Morgan fingerprint density at radius 2 is 1.85 bits per heavy atom. The van der Waals surface area contributed by atoms with Crippen LogP contribution in [0.3, 0.4) is 0 Å². The topological polar surface area (TPSA) is 92.3 Å². The van der Waals surface area contributed by atoms with Gasteiger partial charge >= 0.3 is 0 Å². The van der Waals surface area contributed by atoms with E-state index in [0.717, 1.165) is 35.5 Å². The normalized spacial score (nSPS) is 15.6. The molecule has 3 heterocycles. The molecule has 0 spiro atoms. The zero-order valence-corrected chi connectivity index (χ0v) is 19.7. The van der Waals surface area contributed by atoms with Gasteiger partial charge < -0.3 is 10.2 Å². The van der Waals surface area contributed by atoms with E-state index in [1.165, 1.54) is 6.26 Å². The standard InChI is InChI=1S/C25H26N4O3S/c1-15-5-4-6-18(26-15)12-19-13-21(24-22(27-19)14-29(2)25(24)30)28-20-10-9-17(16-7-8-16)11-23(20)33(3,31)32/h4-6,9-11,13,16H,7-8,12,14H2,1-3H3,(H,27,28). The fourth-order valence-corrected chi connectivity index (χ4v) is 5.20. The average Bonchev–Trinajstić information content (AvgIpc) is 3.54. The summed E-state index contributed by atoms with van der Waals surface area (Å²) in [6.45, 7) is 2.36. The van der Waals surface area contributed by atoms with Gasteiger partial charge in [0.05, 0.1) is 34.1 Å². The lowest BCUT2D eigenvalue weighted by Crippen LogP contribution is -2.18. The van der Waals surface area contributed by atoms with Crippen LogP contribution in [-0.2, 0) is 22.8 Å². The predicted molar refractivity (Wildman–Crippen MR) is 127 cm³/mol. The Labute approximate surface area is 193 Å².